The Kier molecular flexibility index (Phi) is 4.77. The zero-order valence-electron chi connectivity index (χ0n) is 15.2. The molecule has 1 aromatic heterocycles. The number of nitrogens with one attached hydrogen (secondary N) is 1. The number of benzene rings is 1. The molecule has 2 bridgehead atoms. The predicted molar refractivity (Wildman–Crippen MR) is 98.5 cm³/mol. The third-order valence-corrected chi connectivity index (χ3v) is 6.82. The minimum atomic E-state index is -3.75. The number of aryl methyl sites for hydroxylation is 1. The van der Waals surface area contributed by atoms with E-state index in [1.54, 1.807) is 25.1 Å². The second kappa shape index (κ2) is 7.09. The summed E-state index contributed by atoms with van der Waals surface area (Å²) < 4.78 is 32.6. The van der Waals surface area contributed by atoms with E-state index in [1.807, 2.05) is 4.90 Å². The summed E-state index contributed by atoms with van der Waals surface area (Å²) in [4.78, 5) is 14.9. The summed E-state index contributed by atoms with van der Waals surface area (Å²) in [6.45, 7) is 2.56. The van der Waals surface area contributed by atoms with Crippen molar-refractivity contribution in [2.45, 2.75) is 50.1 Å². The maximum atomic E-state index is 12.9. The Hall–Kier alpha value is -2.19. The van der Waals surface area contributed by atoms with Crippen LogP contribution in [0.15, 0.2) is 39.8 Å². The van der Waals surface area contributed by atoms with Crippen molar-refractivity contribution in [1.29, 1.82) is 0 Å². The second-order valence-corrected chi connectivity index (χ2v) is 9.19. The van der Waals surface area contributed by atoms with E-state index in [-0.39, 0.29) is 17.3 Å². The molecule has 144 valence electrons. The fourth-order valence-electron chi connectivity index (χ4n) is 4.10. The van der Waals surface area contributed by atoms with Gasteiger partial charge in [0.15, 0.2) is 0 Å². The highest BCUT2D eigenvalue weighted by Crippen LogP contribution is 2.36. The fraction of sp³-hybridized carbons (Fsp3) is 0.474. The minimum Gasteiger partial charge on any atom is -0.361 e. The monoisotopic (exact) mass is 389 g/mol. The normalized spacial score (nSPS) is 22.2. The van der Waals surface area contributed by atoms with Crippen LogP contribution >= 0.6 is 0 Å². The Morgan fingerprint density at radius 2 is 2.19 bits per heavy atom. The van der Waals surface area contributed by atoms with E-state index in [0.29, 0.717) is 29.0 Å². The molecule has 8 heteroatoms. The topological polar surface area (TPSA) is 92.5 Å². The van der Waals surface area contributed by atoms with Crippen LogP contribution in [0.4, 0.5) is 0 Å². The average molecular weight is 389 g/mol. The summed E-state index contributed by atoms with van der Waals surface area (Å²) in [5.41, 5.74) is 0.926. The van der Waals surface area contributed by atoms with Crippen molar-refractivity contribution in [3.8, 4) is 0 Å². The van der Waals surface area contributed by atoms with Gasteiger partial charge in [-0.1, -0.05) is 17.6 Å². The predicted octanol–water partition coefficient (Wildman–Crippen LogP) is 2.48. The zero-order valence-corrected chi connectivity index (χ0v) is 16.0. The van der Waals surface area contributed by atoms with Gasteiger partial charge in [-0.2, -0.15) is 0 Å². The van der Waals surface area contributed by atoms with Gasteiger partial charge in [0.05, 0.1) is 17.1 Å². The first kappa shape index (κ1) is 18.2. The molecule has 0 spiro atoms. The van der Waals surface area contributed by atoms with E-state index in [2.05, 4.69) is 9.88 Å². The molecule has 1 saturated heterocycles. The third-order valence-electron chi connectivity index (χ3n) is 5.42. The van der Waals surface area contributed by atoms with E-state index in [9.17, 15) is 13.2 Å². The number of aromatic nitrogens is 1. The Morgan fingerprint density at radius 3 is 2.93 bits per heavy atom. The molecule has 2 aliphatic rings. The molecule has 2 heterocycles. The highest BCUT2D eigenvalue weighted by Gasteiger charge is 2.38. The van der Waals surface area contributed by atoms with Crippen molar-refractivity contribution in [2.75, 3.05) is 6.54 Å². The van der Waals surface area contributed by atoms with E-state index in [0.717, 1.165) is 19.4 Å². The number of rotatable bonds is 5. The van der Waals surface area contributed by atoms with Crippen LogP contribution in [-0.4, -0.2) is 37.0 Å². The summed E-state index contributed by atoms with van der Waals surface area (Å²) in [7, 11) is -3.75. The standard InChI is InChI=1S/C19H23N3O4S/c1-13-8-16(21-26-13)11-20-27(24,25)18-7-3-5-15(10-18)19(23)22-12-14-4-2-6-17(22)9-14/h3,5,7-8,10,14,17,20H,2,4,6,9,11-12H2,1H3/t14-,17+/m1/s1. The number of nitrogens with zero attached hydrogens (tertiary/aromatic N) is 2. The Bertz CT molecular complexity index is 953. The lowest BCUT2D eigenvalue weighted by molar-refractivity contribution is 0.0733. The van der Waals surface area contributed by atoms with Crippen molar-refractivity contribution < 1.29 is 17.7 Å². The number of carbonyl (C=O) groups is 1. The molecule has 7 nitrogen and oxygen atoms in total. The maximum Gasteiger partial charge on any atom is 0.254 e. The first-order chi connectivity index (χ1) is 12.9. The van der Waals surface area contributed by atoms with Crippen LogP contribution < -0.4 is 4.72 Å². The molecule has 1 aromatic carbocycles. The summed E-state index contributed by atoms with van der Waals surface area (Å²) in [6, 6.07) is 8.23. The molecular formula is C19H23N3O4S. The number of amides is 1. The van der Waals surface area contributed by atoms with Gasteiger partial charge in [0.2, 0.25) is 10.0 Å². The van der Waals surface area contributed by atoms with E-state index >= 15 is 0 Å². The number of carbonyl (C=O) groups excluding carboxylic acids is 1. The van der Waals surface area contributed by atoms with Gasteiger partial charge in [-0.25, -0.2) is 13.1 Å². The zero-order chi connectivity index (χ0) is 19.0. The molecule has 2 atom stereocenters. The van der Waals surface area contributed by atoms with Gasteiger partial charge in [-0.15, -0.1) is 0 Å². The lowest BCUT2D eigenvalue weighted by atomic mass is 9.90. The van der Waals surface area contributed by atoms with Gasteiger partial charge in [0.1, 0.15) is 5.76 Å². The van der Waals surface area contributed by atoms with Crippen LogP contribution in [0.25, 0.3) is 0 Å². The molecule has 1 aliphatic heterocycles. The molecule has 1 aliphatic carbocycles. The van der Waals surface area contributed by atoms with E-state index in [1.165, 1.54) is 25.0 Å². The van der Waals surface area contributed by atoms with Crippen molar-refractivity contribution in [3.05, 3.63) is 47.3 Å². The quantitative estimate of drug-likeness (QED) is 0.848. The van der Waals surface area contributed by atoms with Gasteiger partial charge in [-0.05, 0) is 50.3 Å². The molecule has 0 radical (unpaired) electrons. The molecule has 0 unspecified atom stereocenters. The van der Waals surface area contributed by atoms with E-state index in [4.69, 9.17) is 4.52 Å². The molecule has 4 rings (SSSR count). The van der Waals surface area contributed by atoms with Crippen molar-refractivity contribution >= 4 is 15.9 Å². The Balaban J connectivity index is 1.50. The van der Waals surface area contributed by atoms with Gasteiger partial charge in [-0.3, -0.25) is 4.79 Å². The van der Waals surface area contributed by atoms with Crippen LogP contribution in [0.1, 0.15) is 47.5 Å². The first-order valence-corrected chi connectivity index (χ1v) is 10.7. The van der Waals surface area contributed by atoms with E-state index < -0.39 is 10.0 Å². The Morgan fingerprint density at radius 1 is 1.33 bits per heavy atom. The molecule has 1 saturated carbocycles. The smallest absolute Gasteiger partial charge is 0.254 e. The van der Waals surface area contributed by atoms with Crippen molar-refractivity contribution in [3.63, 3.8) is 0 Å². The van der Waals surface area contributed by atoms with Crippen LogP contribution in [0.3, 0.4) is 0 Å². The molecular weight excluding hydrogens is 366 g/mol. The summed E-state index contributed by atoms with van der Waals surface area (Å²) in [5.74, 6) is 1.13. The fourth-order valence-corrected chi connectivity index (χ4v) is 5.15. The number of hydrogen-bond acceptors (Lipinski definition) is 5. The molecule has 27 heavy (non-hydrogen) atoms. The number of sulfonamides is 1. The lowest BCUT2D eigenvalue weighted by Crippen LogP contribution is -2.35. The molecule has 2 fully saturated rings. The minimum absolute atomic E-state index is 0.0354. The maximum absolute atomic E-state index is 12.9. The third kappa shape index (κ3) is 3.77. The summed E-state index contributed by atoms with van der Waals surface area (Å²) in [5, 5.41) is 3.78. The van der Waals surface area contributed by atoms with Crippen LogP contribution in [0.2, 0.25) is 0 Å². The molecule has 2 aromatic rings. The highest BCUT2D eigenvalue weighted by molar-refractivity contribution is 7.89. The van der Waals surface area contributed by atoms with Gasteiger partial charge in [0, 0.05) is 24.2 Å². The van der Waals surface area contributed by atoms with Gasteiger partial charge >= 0.3 is 0 Å². The lowest BCUT2D eigenvalue weighted by Gasteiger charge is -2.24. The average Bonchev–Trinajstić information content (AvgIpc) is 3.22. The molecule has 1 N–H and O–H groups in total. The summed E-state index contributed by atoms with van der Waals surface area (Å²) in [6.07, 6.45) is 4.46. The van der Waals surface area contributed by atoms with Crippen molar-refractivity contribution in [1.82, 2.24) is 14.8 Å². The van der Waals surface area contributed by atoms with Crippen LogP contribution in [0.5, 0.6) is 0 Å². The first-order valence-electron chi connectivity index (χ1n) is 9.25. The number of hydrogen-bond donors (Lipinski definition) is 1. The van der Waals surface area contributed by atoms with Gasteiger partial charge < -0.3 is 9.42 Å². The van der Waals surface area contributed by atoms with Gasteiger partial charge in [0.25, 0.3) is 5.91 Å². The number of likely N-dealkylation sites (tertiary alicyclic amines) is 1. The second-order valence-electron chi connectivity index (χ2n) is 7.43. The van der Waals surface area contributed by atoms with Crippen molar-refractivity contribution in [2.24, 2.45) is 5.92 Å². The molecule has 1 amide bonds. The SMILES string of the molecule is Cc1cc(CNS(=O)(=O)c2cccc(C(=O)N3C[C@@H]4CCC[C@H]3C4)c2)no1. The van der Waals surface area contributed by atoms with Crippen LogP contribution in [0, 0.1) is 12.8 Å². The largest absolute Gasteiger partial charge is 0.361 e. The highest BCUT2D eigenvalue weighted by atomic mass is 32.2. The summed E-state index contributed by atoms with van der Waals surface area (Å²) >= 11 is 0. The van der Waals surface area contributed by atoms with Crippen LogP contribution in [-0.2, 0) is 16.6 Å². The Labute approximate surface area is 158 Å². The number of fused-ring (bicyclic) bond motifs is 2.